The molecule has 1 amide bonds. The number of hydrogen-bond acceptors (Lipinski definition) is 3. The van der Waals surface area contributed by atoms with E-state index >= 15 is 0 Å². The number of carbonyl (C=O) groups is 1. The van der Waals surface area contributed by atoms with Gasteiger partial charge in [-0.3, -0.25) is 4.79 Å². The van der Waals surface area contributed by atoms with E-state index in [1.165, 1.54) is 6.20 Å². The number of aromatic nitrogens is 1. The number of anilines is 1. The molecule has 0 aromatic carbocycles. The van der Waals surface area contributed by atoms with Gasteiger partial charge in [-0.15, -0.1) is 0 Å². The van der Waals surface area contributed by atoms with Crippen LogP contribution in [0.1, 0.15) is 26.3 Å². The number of piperazine rings is 1. The normalized spacial score (nSPS) is 16.8. The van der Waals surface area contributed by atoms with E-state index in [0.717, 1.165) is 12.1 Å². The van der Waals surface area contributed by atoms with Crippen molar-refractivity contribution in [3.63, 3.8) is 0 Å². The number of carbonyl (C=O) groups excluding carboxylic acids is 1. The van der Waals surface area contributed by atoms with E-state index in [1.54, 1.807) is 9.80 Å². The Morgan fingerprint density at radius 2 is 1.73 bits per heavy atom. The molecular weight excluding hydrogens is 295 g/mol. The Morgan fingerprint density at radius 1 is 1.14 bits per heavy atom. The zero-order valence-corrected chi connectivity index (χ0v) is 12.9. The van der Waals surface area contributed by atoms with Crippen molar-refractivity contribution < 1.29 is 18.0 Å². The number of alkyl halides is 3. The molecule has 0 N–H and O–H groups in total. The van der Waals surface area contributed by atoms with Crippen molar-refractivity contribution in [2.75, 3.05) is 31.1 Å². The Bertz CT molecular complexity index is 544. The fraction of sp³-hybridized carbons (Fsp3) is 0.600. The lowest BCUT2D eigenvalue weighted by molar-refractivity contribution is -0.139. The second-order valence-corrected chi connectivity index (χ2v) is 6.43. The summed E-state index contributed by atoms with van der Waals surface area (Å²) in [5.41, 5.74) is -1.15. The Morgan fingerprint density at radius 3 is 2.23 bits per heavy atom. The molecule has 0 unspecified atom stereocenters. The summed E-state index contributed by atoms with van der Waals surface area (Å²) in [6.45, 7) is 7.52. The molecule has 22 heavy (non-hydrogen) atoms. The molecule has 122 valence electrons. The largest absolute Gasteiger partial charge is 0.416 e. The molecule has 0 bridgehead atoms. The highest BCUT2D eigenvalue weighted by Gasteiger charge is 2.33. The predicted octanol–water partition coefficient (Wildman–Crippen LogP) is 2.80. The van der Waals surface area contributed by atoms with Crippen molar-refractivity contribution >= 4 is 11.7 Å². The molecule has 0 radical (unpaired) electrons. The summed E-state index contributed by atoms with van der Waals surface area (Å²) in [6.07, 6.45) is -3.20. The van der Waals surface area contributed by atoms with Gasteiger partial charge in [-0.05, 0) is 12.1 Å². The number of rotatable bonds is 1. The van der Waals surface area contributed by atoms with Crippen molar-refractivity contribution in [1.82, 2.24) is 9.88 Å². The van der Waals surface area contributed by atoms with Gasteiger partial charge in [0.15, 0.2) is 0 Å². The van der Waals surface area contributed by atoms with Crippen LogP contribution in [-0.4, -0.2) is 42.0 Å². The summed E-state index contributed by atoms with van der Waals surface area (Å²) in [4.78, 5) is 19.7. The lowest BCUT2D eigenvalue weighted by atomic mass is 9.94. The van der Waals surface area contributed by atoms with Crippen molar-refractivity contribution in [2.45, 2.75) is 26.9 Å². The summed E-state index contributed by atoms with van der Waals surface area (Å²) in [5, 5.41) is 0. The van der Waals surface area contributed by atoms with Gasteiger partial charge in [-0.1, -0.05) is 20.8 Å². The minimum absolute atomic E-state index is 0.0594. The Balaban J connectivity index is 2.05. The smallest absolute Gasteiger partial charge is 0.353 e. The molecule has 2 rings (SSSR count). The third kappa shape index (κ3) is 3.69. The van der Waals surface area contributed by atoms with Crippen LogP contribution < -0.4 is 4.90 Å². The topological polar surface area (TPSA) is 36.4 Å². The van der Waals surface area contributed by atoms with Gasteiger partial charge in [0.2, 0.25) is 5.91 Å². The quantitative estimate of drug-likeness (QED) is 0.799. The molecule has 1 saturated heterocycles. The number of amides is 1. The molecular formula is C15H20F3N3O. The van der Waals surface area contributed by atoms with Crippen molar-refractivity contribution in [3.05, 3.63) is 23.9 Å². The van der Waals surface area contributed by atoms with Gasteiger partial charge in [0, 0.05) is 37.8 Å². The fourth-order valence-corrected chi connectivity index (χ4v) is 2.38. The molecule has 0 saturated carbocycles. The van der Waals surface area contributed by atoms with E-state index in [-0.39, 0.29) is 5.91 Å². The third-order valence-electron chi connectivity index (χ3n) is 3.61. The highest BCUT2D eigenvalue weighted by Crippen LogP contribution is 2.31. The zero-order chi connectivity index (χ0) is 16.5. The van der Waals surface area contributed by atoms with Gasteiger partial charge in [-0.25, -0.2) is 4.98 Å². The van der Waals surface area contributed by atoms with Gasteiger partial charge in [0.05, 0.1) is 5.56 Å². The lowest BCUT2D eigenvalue weighted by Gasteiger charge is -2.38. The number of pyridine rings is 1. The van der Waals surface area contributed by atoms with Crippen LogP contribution >= 0.6 is 0 Å². The Kier molecular flexibility index (Phi) is 4.35. The second-order valence-electron chi connectivity index (χ2n) is 6.43. The molecule has 1 aromatic heterocycles. The summed E-state index contributed by atoms with van der Waals surface area (Å²) in [7, 11) is 0. The van der Waals surface area contributed by atoms with Crippen LogP contribution in [0.5, 0.6) is 0 Å². The molecule has 0 spiro atoms. The molecule has 4 nitrogen and oxygen atoms in total. The zero-order valence-electron chi connectivity index (χ0n) is 12.9. The van der Waals surface area contributed by atoms with E-state index < -0.39 is 17.2 Å². The lowest BCUT2D eigenvalue weighted by Crippen LogP contribution is -2.51. The van der Waals surface area contributed by atoms with E-state index in [4.69, 9.17) is 0 Å². The van der Waals surface area contributed by atoms with Gasteiger partial charge in [0.25, 0.3) is 0 Å². The van der Waals surface area contributed by atoms with Crippen LogP contribution in [0.2, 0.25) is 0 Å². The number of hydrogen-bond donors (Lipinski definition) is 0. The maximum Gasteiger partial charge on any atom is 0.416 e. The van der Waals surface area contributed by atoms with E-state index in [1.807, 2.05) is 20.8 Å². The molecule has 2 heterocycles. The highest BCUT2D eigenvalue weighted by molar-refractivity contribution is 5.81. The molecule has 7 heteroatoms. The molecule has 1 aromatic rings. The van der Waals surface area contributed by atoms with Gasteiger partial charge in [-0.2, -0.15) is 13.2 Å². The first-order valence-corrected chi connectivity index (χ1v) is 7.16. The van der Waals surface area contributed by atoms with Crippen LogP contribution in [0, 0.1) is 5.41 Å². The third-order valence-corrected chi connectivity index (χ3v) is 3.61. The maximum atomic E-state index is 12.7. The highest BCUT2D eigenvalue weighted by atomic mass is 19.4. The number of halogens is 3. The Hall–Kier alpha value is -1.79. The van der Waals surface area contributed by atoms with Gasteiger partial charge < -0.3 is 9.80 Å². The van der Waals surface area contributed by atoms with E-state index in [9.17, 15) is 18.0 Å². The van der Waals surface area contributed by atoms with Crippen molar-refractivity contribution in [3.8, 4) is 0 Å². The minimum atomic E-state index is -4.37. The molecule has 1 aliphatic heterocycles. The number of nitrogens with zero attached hydrogens (tertiary/aromatic N) is 3. The summed E-state index contributed by atoms with van der Waals surface area (Å²) in [6, 6.07) is 2.02. The van der Waals surface area contributed by atoms with Gasteiger partial charge in [0.1, 0.15) is 5.82 Å². The fourth-order valence-electron chi connectivity index (χ4n) is 2.38. The summed E-state index contributed by atoms with van der Waals surface area (Å²) < 4.78 is 38.2. The Labute approximate surface area is 127 Å². The molecule has 0 aliphatic carbocycles. The maximum absolute atomic E-state index is 12.7. The van der Waals surface area contributed by atoms with Crippen LogP contribution in [0.15, 0.2) is 18.3 Å². The van der Waals surface area contributed by atoms with E-state index in [0.29, 0.717) is 32.0 Å². The predicted molar refractivity (Wildman–Crippen MR) is 77.5 cm³/mol. The van der Waals surface area contributed by atoms with Crippen LogP contribution in [0.4, 0.5) is 19.0 Å². The molecule has 1 fully saturated rings. The summed E-state index contributed by atoms with van der Waals surface area (Å²) >= 11 is 0. The average Bonchev–Trinajstić information content (AvgIpc) is 2.45. The second kappa shape index (κ2) is 5.78. The van der Waals surface area contributed by atoms with Crippen LogP contribution in [0.25, 0.3) is 0 Å². The molecule has 1 aliphatic rings. The van der Waals surface area contributed by atoms with Gasteiger partial charge >= 0.3 is 6.18 Å². The standard InChI is InChI=1S/C15H20F3N3O/c1-14(2,3)13(22)21-8-6-20(7-9-21)12-10-11(4-5-19-12)15(16,17)18/h4-5,10H,6-9H2,1-3H3. The van der Waals surface area contributed by atoms with Crippen LogP contribution in [-0.2, 0) is 11.0 Å². The first-order valence-electron chi connectivity index (χ1n) is 7.16. The van der Waals surface area contributed by atoms with Crippen molar-refractivity contribution in [2.24, 2.45) is 5.41 Å². The SMILES string of the molecule is CC(C)(C)C(=O)N1CCN(c2cc(C(F)(F)F)ccn2)CC1. The first-order chi connectivity index (χ1) is 10.1. The van der Waals surface area contributed by atoms with Crippen molar-refractivity contribution in [1.29, 1.82) is 0 Å². The van der Waals surface area contributed by atoms with Crippen LogP contribution in [0.3, 0.4) is 0 Å². The minimum Gasteiger partial charge on any atom is -0.353 e. The monoisotopic (exact) mass is 315 g/mol. The summed E-state index contributed by atoms with van der Waals surface area (Å²) in [5.74, 6) is 0.363. The average molecular weight is 315 g/mol. The van der Waals surface area contributed by atoms with E-state index in [2.05, 4.69) is 4.98 Å². The first kappa shape index (κ1) is 16.6. The molecule has 0 atom stereocenters.